The van der Waals surface area contributed by atoms with E-state index in [9.17, 15) is 0 Å². The molecule has 0 spiro atoms. The molecule has 0 amide bonds. The van der Waals surface area contributed by atoms with Crippen molar-refractivity contribution in [3.05, 3.63) is 59.7 Å². The number of para-hydroxylation sites is 1. The van der Waals surface area contributed by atoms with Crippen molar-refractivity contribution in [2.45, 2.75) is 13.0 Å². The summed E-state index contributed by atoms with van der Waals surface area (Å²) in [6.07, 6.45) is 0.912. The van der Waals surface area contributed by atoms with E-state index in [4.69, 9.17) is 14.2 Å². The summed E-state index contributed by atoms with van der Waals surface area (Å²) in [4.78, 5) is 4.23. The second kappa shape index (κ2) is 11.8. The summed E-state index contributed by atoms with van der Waals surface area (Å²) in [5.41, 5.74) is 2.29. The van der Waals surface area contributed by atoms with Gasteiger partial charge in [-0.1, -0.05) is 30.3 Å². The fraction of sp³-hybridized carbons (Fsp3) is 0.381. The summed E-state index contributed by atoms with van der Waals surface area (Å²) >= 11 is 0. The number of rotatable bonds is 10. The van der Waals surface area contributed by atoms with E-state index in [0.29, 0.717) is 19.8 Å². The van der Waals surface area contributed by atoms with Gasteiger partial charge in [0.05, 0.1) is 27.4 Å². The molecule has 2 rings (SSSR count). The lowest BCUT2D eigenvalue weighted by Crippen LogP contribution is -2.39. The fourth-order valence-electron chi connectivity index (χ4n) is 2.58. The zero-order valence-electron chi connectivity index (χ0n) is 16.3. The van der Waals surface area contributed by atoms with Crippen LogP contribution >= 0.6 is 0 Å². The highest BCUT2D eigenvalue weighted by Gasteiger charge is 2.02. The predicted molar refractivity (Wildman–Crippen MR) is 109 cm³/mol. The van der Waals surface area contributed by atoms with E-state index in [2.05, 4.69) is 27.8 Å². The Balaban J connectivity index is 1.62. The molecule has 0 heterocycles. The van der Waals surface area contributed by atoms with Gasteiger partial charge in [-0.2, -0.15) is 0 Å². The van der Waals surface area contributed by atoms with E-state index in [-0.39, 0.29) is 0 Å². The van der Waals surface area contributed by atoms with Gasteiger partial charge in [0.2, 0.25) is 0 Å². The van der Waals surface area contributed by atoms with Gasteiger partial charge in [-0.05, 0) is 30.2 Å². The first-order valence-corrected chi connectivity index (χ1v) is 9.04. The molecule has 0 aliphatic carbocycles. The zero-order valence-corrected chi connectivity index (χ0v) is 16.3. The Kier molecular flexibility index (Phi) is 9.00. The third-order valence-corrected chi connectivity index (χ3v) is 4.08. The first-order valence-electron chi connectivity index (χ1n) is 9.04. The van der Waals surface area contributed by atoms with Gasteiger partial charge in [-0.3, -0.25) is 4.99 Å². The maximum atomic E-state index is 5.72. The number of guanidine groups is 1. The molecule has 0 unspecified atom stereocenters. The number of nitrogens with one attached hydrogen (secondary N) is 2. The molecular weight excluding hydrogens is 342 g/mol. The molecule has 0 radical (unpaired) electrons. The molecule has 0 saturated carbocycles. The van der Waals surface area contributed by atoms with Crippen molar-refractivity contribution < 1.29 is 14.2 Å². The smallest absolute Gasteiger partial charge is 0.191 e. The van der Waals surface area contributed by atoms with Crippen molar-refractivity contribution in [3.63, 3.8) is 0 Å². The molecule has 2 N–H and O–H groups in total. The normalized spacial score (nSPS) is 11.1. The van der Waals surface area contributed by atoms with Crippen LogP contribution in [0.1, 0.15) is 11.1 Å². The SMILES string of the molecule is CN=C(NCCOCc1ccccc1OC)NCCc1ccc(OC)cc1. The molecule has 0 atom stereocenters. The minimum Gasteiger partial charge on any atom is -0.497 e. The van der Waals surface area contributed by atoms with E-state index in [0.717, 1.165) is 36.0 Å². The highest BCUT2D eigenvalue weighted by atomic mass is 16.5. The summed E-state index contributed by atoms with van der Waals surface area (Å²) in [6.45, 7) is 2.58. The molecule has 2 aromatic rings. The van der Waals surface area contributed by atoms with Gasteiger partial charge in [0.15, 0.2) is 5.96 Å². The van der Waals surface area contributed by atoms with Crippen molar-refractivity contribution in [1.29, 1.82) is 0 Å². The molecule has 0 bridgehead atoms. The van der Waals surface area contributed by atoms with Gasteiger partial charge < -0.3 is 24.8 Å². The van der Waals surface area contributed by atoms with Crippen LogP contribution in [0.25, 0.3) is 0 Å². The number of aliphatic imine (C=N–C) groups is 1. The molecule has 0 aliphatic rings. The minimum absolute atomic E-state index is 0.523. The molecule has 0 aliphatic heterocycles. The Bertz CT molecular complexity index is 702. The summed E-state index contributed by atoms with van der Waals surface area (Å²) in [6, 6.07) is 16.0. The highest BCUT2D eigenvalue weighted by molar-refractivity contribution is 5.79. The van der Waals surface area contributed by atoms with E-state index in [1.807, 2.05) is 36.4 Å². The number of hydrogen-bond acceptors (Lipinski definition) is 4. The van der Waals surface area contributed by atoms with Gasteiger partial charge in [-0.25, -0.2) is 0 Å². The molecule has 0 aromatic heterocycles. The Morgan fingerprint density at radius 3 is 2.37 bits per heavy atom. The van der Waals surface area contributed by atoms with E-state index in [1.165, 1.54) is 5.56 Å². The van der Waals surface area contributed by atoms with Crippen LogP contribution < -0.4 is 20.1 Å². The van der Waals surface area contributed by atoms with Gasteiger partial charge in [-0.15, -0.1) is 0 Å². The van der Waals surface area contributed by atoms with Gasteiger partial charge >= 0.3 is 0 Å². The molecular formula is C21H29N3O3. The van der Waals surface area contributed by atoms with Crippen LogP contribution in [0.5, 0.6) is 11.5 Å². The van der Waals surface area contributed by atoms with Gasteiger partial charge in [0.25, 0.3) is 0 Å². The molecule has 2 aromatic carbocycles. The zero-order chi connectivity index (χ0) is 19.3. The van der Waals surface area contributed by atoms with Crippen molar-refractivity contribution in [1.82, 2.24) is 10.6 Å². The Morgan fingerprint density at radius 1 is 0.926 bits per heavy atom. The monoisotopic (exact) mass is 371 g/mol. The summed E-state index contributed by atoms with van der Waals surface area (Å²) in [5, 5.41) is 6.56. The van der Waals surface area contributed by atoms with Crippen LogP contribution in [0.15, 0.2) is 53.5 Å². The van der Waals surface area contributed by atoms with E-state index >= 15 is 0 Å². The Labute approximate surface area is 161 Å². The fourth-order valence-corrected chi connectivity index (χ4v) is 2.58. The lowest BCUT2D eigenvalue weighted by molar-refractivity contribution is 0.123. The van der Waals surface area contributed by atoms with E-state index < -0.39 is 0 Å². The van der Waals surface area contributed by atoms with Gasteiger partial charge in [0, 0.05) is 25.7 Å². The second-order valence-corrected chi connectivity index (χ2v) is 5.89. The van der Waals surface area contributed by atoms with Crippen LogP contribution in [-0.2, 0) is 17.8 Å². The van der Waals surface area contributed by atoms with Crippen molar-refractivity contribution >= 4 is 5.96 Å². The average Bonchev–Trinajstić information content (AvgIpc) is 2.73. The largest absolute Gasteiger partial charge is 0.497 e. The second-order valence-electron chi connectivity index (χ2n) is 5.89. The summed E-state index contributed by atoms with van der Waals surface area (Å²) in [7, 11) is 5.10. The van der Waals surface area contributed by atoms with E-state index in [1.54, 1.807) is 21.3 Å². The van der Waals surface area contributed by atoms with Crippen molar-refractivity contribution in [2.24, 2.45) is 4.99 Å². The molecule has 0 fully saturated rings. The summed E-state index contributed by atoms with van der Waals surface area (Å²) in [5.74, 6) is 2.49. The standard InChI is InChI=1S/C21H29N3O3/c1-22-21(23-13-12-17-8-10-19(25-2)11-9-17)24-14-15-27-16-18-6-4-5-7-20(18)26-3/h4-11H,12-16H2,1-3H3,(H2,22,23,24). The van der Waals surface area contributed by atoms with Crippen LogP contribution in [0.4, 0.5) is 0 Å². The summed E-state index contributed by atoms with van der Waals surface area (Å²) < 4.78 is 16.2. The maximum Gasteiger partial charge on any atom is 0.191 e. The van der Waals surface area contributed by atoms with Crippen molar-refractivity contribution in [2.75, 3.05) is 41.0 Å². The number of methoxy groups -OCH3 is 2. The number of benzene rings is 2. The van der Waals surface area contributed by atoms with Crippen LogP contribution in [0.2, 0.25) is 0 Å². The number of nitrogens with zero attached hydrogens (tertiary/aromatic N) is 1. The molecule has 6 nitrogen and oxygen atoms in total. The molecule has 146 valence electrons. The van der Waals surface area contributed by atoms with Gasteiger partial charge in [0.1, 0.15) is 11.5 Å². The highest BCUT2D eigenvalue weighted by Crippen LogP contribution is 2.17. The van der Waals surface area contributed by atoms with Crippen molar-refractivity contribution in [3.8, 4) is 11.5 Å². The van der Waals surface area contributed by atoms with Crippen LogP contribution in [0.3, 0.4) is 0 Å². The quantitative estimate of drug-likeness (QED) is 0.382. The third kappa shape index (κ3) is 7.19. The lowest BCUT2D eigenvalue weighted by Gasteiger charge is -2.13. The number of ether oxygens (including phenoxy) is 3. The molecule has 27 heavy (non-hydrogen) atoms. The lowest BCUT2D eigenvalue weighted by atomic mass is 10.1. The maximum absolute atomic E-state index is 5.72. The Morgan fingerprint density at radius 2 is 1.67 bits per heavy atom. The minimum atomic E-state index is 0.523. The predicted octanol–water partition coefficient (Wildman–Crippen LogP) is 2.63. The third-order valence-electron chi connectivity index (χ3n) is 4.08. The molecule has 0 saturated heterocycles. The number of hydrogen-bond donors (Lipinski definition) is 2. The first kappa shape index (κ1) is 20.6. The topological polar surface area (TPSA) is 64.1 Å². The van der Waals surface area contributed by atoms with Crippen LogP contribution in [0, 0.1) is 0 Å². The average molecular weight is 371 g/mol. The Hall–Kier alpha value is -2.73. The molecule has 6 heteroatoms. The first-order chi connectivity index (χ1) is 13.3. The van der Waals surface area contributed by atoms with Crippen LogP contribution in [-0.4, -0.2) is 46.9 Å².